The maximum absolute atomic E-state index is 12.1. The van der Waals surface area contributed by atoms with Crippen molar-refractivity contribution in [2.75, 3.05) is 23.8 Å². The second-order valence-corrected chi connectivity index (χ2v) is 4.93. The Morgan fingerprint density at radius 1 is 1.27 bits per heavy atom. The third-order valence-corrected chi connectivity index (χ3v) is 3.09. The molecule has 7 nitrogen and oxygen atoms in total. The lowest BCUT2D eigenvalue weighted by Gasteiger charge is -2.15. The number of carbonyl (C=O) groups is 3. The normalized spacial score (nSPS) is 14.1. The third-order valence-electron chi connectivity index (χ3n) is 3.09. The van der Waals surface area contributed by atoms with Gasteiger partial charge < -0.3 is 15.7 Å². The Morgan fingerprint density at radius 3 is 2.64 bits per heavy atom. The van der Waals surface area contributed by atoms with Crippen LogP contribution in [0.1, 0.15) is 12.5 Å². The fourth-order valence-corrected chi connectivity index (χ4v) is 2.12. The van der Waals surface area contributed by atoms with Gasteiger partial charge in [0, 0.05) is 13.0 Å². The fourth-order valence-electron chi connectivity index (χ4n) is 2.12. The highest BCUT2D eigenvalue weighted by Gasteiger charge is 2.30. The molecule has 7 heteroatoms. The van der Waals surface area contributed by atoms with Crippen molar-refractivity contribution in [3.63, 3.8) is 0 Å². The number of aliphatic hydroxyl groups excluding tert-OH is 1. The lowest BCUT2D eigenvalue weighted by molar-refractivity contribution is -0.137. The molecule has 0 radical (unpaired) electrons. The van der Waals surface area contributed by atoms with Crippen LogP contribution in [0.15, 0.2) is 30.0 Å². The summed E-state index contributed by atoms with van der Waals surface area (Å²) in [7, 11) is 0. The summed E-state index contributed by atoms with van der Waals surface area (Å²) in [6.45, 7) is 2.92. The predicted octanol–water partition coefficient (Wildman–Crippen LogP) is 0.610. The highest BCUT2D eigenvalue weighted by molar-refractivity contribution is 6.17. The van der Waals surface area contributed by atoms with E-state index in [1.165, 1.54) is 13.0 Å². The lowest BCUT2D eigenvalue weighted by Crippen LogP contribution is -2.34. The number of β-amino-alcohol motifs (C(OH)–C–C–N with tert-alkyl or cyclic N) is 1. The molecule has 1 aliphatic rings. The first kappa shape index (κ1) is 15.7. The zero-order chi connectivity index (χ0) is 16.3. The molecular weight excluding hydrogens is 286 g/mol. The zero-order valence-electron chi connectivity index (χ0n) is 12.3. The van der Waals surface area contributed by atoms with Crippen molar-refractivity contribution in [1.82, 2.24) is 4.90 Å². The molecule has 22 heavy (non-hydrogen) atoms. The van der Waals surface area contributed by atoms with Gasteiger partial charge in [-0.25, -0.2) is 0 Å². The van der Waals surface area contributed by atoms with Gasteiger partial charge in [0.05, 0.1) is 24.5 Å². The topological polar surface area (TPSA) is 98.7 Å². The molecular formula is C15H17N3O4. The number of rotatable bonds is 5. The van der Waals surface area contributed by atoms with Crippen LogP contribution in [0.2, 0.25) is 0 Å². The van der Waals surface area contributed by atoms with Crippen molar-refractivity contribution in [3.8, 4) is 0 Å². The van der Waals surface area contributed by atoms with Gasteiger partial charge in [0.15, 0.2) is 0 Å². The van der Waals surface area contributed by atoms with E-state index in [1.807, 2.05) is 13.0 Å². The van der Waals surface area contributed by atoms with Gasteiger partial charge in [-0.1, -0.05) is 6.07 Å². The first-order valence-corrected chi connectivity index (χ1v) is 6.76. The minimum Gasteiger partial charge on any atom is -0.395 e. The Labute approximate surface area is 127 Å². The molecule has 0 aliphatic carbocycles. The Balaban J connectivity index is 2.26. The van der Waals surface area contributed by atoms with Gasteiger partial charge >= 0.3 is 0 Å². The van der Waals surface area contributed by atoms with Gasteiger partial charge in [-0.05, 0) is 24.6 Å². The van der Waals surface area contributed by atoms with E-state index >= 15 is 0 Å². The van der Waals surface area contributed by atoms with Crippen molar-refractivity contribution in [3.05, 3.63) is 35.5 Å². The first-order valence-electron chi connectivity index (χ1n) is 6.76. The molecule has 0 saturated carbocycles. The molecule has 1 aliphatic heterocycles. The van der Waals surface area contributed by atoms with Crippen LogP contribution in [0.25, 0.3) is 0 Å². The van der Waals surface area contributed by atoms with Crippen molar-refractivity contribution in [2.24, 2.45) is 0 Å². The highest BCUT2D eigenvalue weighted by atomic mass is 16.3. The number of aryl methyl sites for hydroxylation is 1. The van der Waals surface area contributed by atoms with Gasteiger partial charge in [0.25, 0.3) is 11.8 Å². The van der Waals surface area contributed by atoms with Crippen LogP contribution in [0.5, 0.6) is 0 Å². The molecule has 1 aromatic carbocycles. The van der Waals surface area contributed by atoms with Crippen LogP contribution in [0, 0.1) is 6.92 Å². The van der Waals surface area contributed by atoms with Gasteiger partial charge in [0.2, 0.25) is 5.91 Å². The van der Waals surface area contributed by atoms with Crippen molar-refractivity contribution < 1.29 is 19.5 Å². The van der Waals surface area contributed by atoms with Crippen LogP contribution in [-0.2, 0) is 14.4 Å². The standard InChI is InChI=1S/C15H17N3O4/c1-9-3-4-11(16-10(2)20)12(7-9)17-13-8-14(21)18(5-6-19)15(13)22/h3-4,7-8,17,19H,5-6H2,1-2H3,(H,16,20). The number of benzene rings is 1. The highest BCUT2D eigenvalue weighted by Crippen LogP contribution is 2.26. The van der Waals surface area contributed by atoms with E-state index in [9.17, 15) is 14.4 Å². The molecule has 0 saturated heterocycles. The molecule has 3 amide bonds. The van der Waals surface area contributed by atoms with Crippen molar-refractivity contribution in [1.29, 1.82) is 0 Å². The minimum atomic E-state index is -0.505. The lowest BCUT2D eigenvalue weighted by atomic mass is 10.2. The Kier molecular flexibility index (Phi) is 4.57. The Morgan fingerprint density at radius 2 is 2.00 bits per heavy atom. The summed E-state index contributed by atoms with van der Waals surface area (Å²) < 4.78 is 0. The van der Waals surface area contributed by atoms with E-state index in [1.54, 1.807) is 12.1 Å². The number of nitrogens with one attached hydrogen (secondary N) is 2. The van der Waals surface area contributed by atoms with Crippen LogP contribution in [-0.4, -0.2) is 40.9 Å². The maximum atomic E-state index is 12.1. The first-order chi connectivity index (χ1) is 10.4. The quantitative estimate of drug-likeness (QED) is 0.692. The SMILES string of the molecule is CC(=O)Nc1ccc(C)cc1NC1=CC(=O)N(CCO)C1=O. The number of hydrogen-bond donors (Lipinski definition) is 3. The summed E-state index contributed by atoms with van der Waals surface area (Å²) in [5.74, 6) is -1.22. The smallest absolute Gasteiger partial charge is 0.277 e. The van der Waals surface area contributed by atoms with Gasteiger partial charge in [-0.2, -0.15) is 0 Å². The summed E-state index contributed by atoms with van der Waals surface area (Å²) in [5, 5.41) is 14.4. The summed E-state index contributed by atoms with van der Waals surface area (Å²) >= 11 is 0. The molecule has 116 valence electrons. The van der Waals surface area contributed by atoms with E-state index in [0.717, 1.165) is 10.5 Å². The Bertz CT molecular complexity index is 667. The number of carbonyl (C=O) groups excluding carboxylic acids is 3. The number of amides is 3. The molecule has 0 spiro atoms. The number of anilines is 2. The van der Waals surface area contributed by atoms with Crippen molar-refractivity contribution in [2.45, 2.75) is 13.8 Å². The minimum absolute atomic E-state index is 0.0499. The van der Waals surface area contributed by atoms with Gasteiger partial charge in [-0.15, -0.1) is 0 Å². The second-order valence-electron chi connectivity index (χ2n) is 4.93. The second kappa shape index (κ2) is 6.40. The molecule has 0 unspecified atom stereocenters. The average Bonchev–Trinajstić information content (AvgIpc) is 2.69. The molecule has 0 atom stereocenters. The van der Waals surface area contributed by atoms with E-state index in [0.29, 0.717) is 11.4 Å². The van der Waals surface area contributed by atoms with Crippen LogP contribution in [0.4, 0.5) is 11.4 Å². The van der Waals surface area contributed by atoms with Crippen LogP contribution >= 0.6 is 0 Å². The number of hydrogen-bond acceptors (Lipinski definition) is 5. The summed E-state index contributed by atoms with van der Waals surface area (Å²) in [5.41, 5.74) is 2.07. The number of imide groups is 1. The average molecular weight is 303 g/mol. The van der Waals surface area contributed by atoms with Gasteiger partial charge in [0.1, 0.15) is 5.70 Å². The maximum Gasteiger partial charge on any atom is 0.277 e. The molecule has 0 bridgehead atoms. The van der Waals surface area contributed by atoms with E-state index in [4.69, 9.17) is 5.11 Å². The van der Waals surface area contributed by atoms with E-state index < -0.39 is 11.8 Å². The van der Waals surface area contributed by atoms with Gasteiger partial charge in [-0.3, -0.25) is 19.3 Å². The fraction of sp³-hybridized carbons (Fsp3) is 0.267. The summed E-state index contributed by atoms with van der Waals surface area (Å²) in [6, 6.07) is 5.30. The number of nitrogens with zero attached hydrogens (tertiary/aromatic N) is 1. The molecule has 0 aromatic heterocycles. The molecule has 1 aromatic rings. The largest absolute Gasteiger partial charge is 0.395 e. The third kappa shape index (κ3) is 3.32. The van der Waals surface area contributed by atoms with Crippen LogP contribution < -0.4 is 10.6 Å². The van der Waals surface area contributed by atoms with E-state index in [-0.39, 0.29) is 24.8 Å². The number of aliphatic hydroxyl groups is 1. The zero-order valence-corrected chi connectivity index (χ0v) is 12.3. The van der Waals surface area contributed by atoms with E-state index in [2.05, 4.69) is 10.6 Å². The molecule has 3 N–H and O–H groups in total. The summed E-state index contributed by atoms with van der Waals surface area (Å²) in [6.07, 6.45) is 1.18. The van der Waals surface area contributed by atoms with Crippen molar-refractivity contribution >= 4 is 29.1 Å². The molecule has 2 rings (SSSR count). The monoisotopic (exact) mass is 303 g/mol. The Hall–Kier alpha value is -2.67. The summed E-state index contributed by atoms with van der Waals surface area (Å²) in [4.78, 5) is 36.0. The molecule has 1 heterocycles. The predicted molar refractivity (Wildman–Crippen MR) is 81.0 cm³/mol. The van der Waals surface area contributed by atoms with Crippen LogP contribution in [0.3, 0.4) is 0 Å². The molecule has 0 fully saturated rings.